The molecule has 100 valence electrons. The summed E-state index contributed by atoms with van der Waals surface area (Å²) < 4.78 is 13.3. The Morgan fingerprint density at radius 2 is 2.06 bits per heavy atom. The van der Waals surface area contributed by atoms with Crippen LogP contribution in [0.1, 0.15) is 55.5 Å². The van der Waals surface area contributed by atoms with Crippen LogP contribution in [0.2, 0.25) is 0 Å². The third-order valence-electron chi connectivity index (χ3n) is 4.44. The highest BCUT2D eigenvalue weighted by Gasteiger charge is 2.37. The molecule has 0 amide bonds. The Balaban J connectivity index is 2.24. The highest BCUT2D eigenvalue weighted by molar-refractivity contribution is 9.09. The predicted molar refractivity (Wildman–Crippen MR) is 78.5 cm³/mol. The van der Waals surface area contributed by atoms with Gasteiger partial charge in [0, 0.05) is 4.83 Å². The number of rotatable bonds is 2. The second-order valence-corrected chi connectivity index (χ2v) is 7.24. The molecule has 0 aliphatic heterocycles. The van der Waals surface area contributed by atoms with E-state index in [2.05, 4.69) is 29.8 Å². The molecule has 0 nitrogen and oxygen atoms in total. The first-order valence-electron chi connectivity index (χ1n) is 6.82. The molecule has 2 heteroatoms. The molecule has 2 unspecified atom stereocenters. The molecule has 0 heterocycles. The van der Waals surface area contributed by atoms with E-state index in [-0.39, 0.29) is 5.82 Å². The summed E-state index contributed by atoms with van der Waals surface area (Å²) in [6.45, 7) is 6.56. The van der Waals surface area contributed by atoms with Crippen LogP contribution in [0.25, 0.3) is 0 Å². The minimum atomic E-state index is -0.110. The van der Waals surface area contributed by atoms with Crippen LogP contribution in [-0.4, -0.2) is 0 Å². The van der Waals surface area contributed by atoms with Gasteiger partial charge in [-0.2, -0.15) is 0 Å². The molecule has 0 N–H and O–H groups in total. The van der Waals surface area contributed by atoms with Crippen molar-refractivity contribution in [2.24, 2.45) is 11.3 Å². The number of aryl methyl sites for hydroxylation is 1. The highest BCUT2D eigenvalue weighted by atomic mass is 79.9. The predicted octanol–water partition coefficient (Wildman–Crippen LogP) is 5.79. The van der Waals surface area contributed by atoms with E-state index < -0.39 is 0 Å². The second-order valence-electron chi connectivity index (χ2n) is 6.25. The maximum atomic E-state index is 13.3. The summed E-state index contributed by atoms with van der Waals surface area (Å²) in [5, 5.41) is 0. The fourth-order valence-electron chi connectivity index (χ4n) is 3.14. The summed E-state index contributed by atoms with van der Waals surface area (Å²) in [7, 11) is 0. The van der Waals surface area contributed by atoms with Crippen LogP contribution in [0, 0.1) is 24.1 Å². The Kier molecular flexibility index (Phi) is 4.15. The number of alkyl halides is 1. The molecule has 0 bridgehead atoms. The Bertz CT molecular complexity index is 425. The van der Waals surface area contributed by atoms with E-state index in [1.165, 1.54) is 31.2 Å². The van der Waals surface area contributed by atoms with Gasteiger partial charge in [-0.05, 0) is 48.3 Å². The van der Waals surface area contributed by atoms with E-state index in [4.69, 9.17) is 0 Å². The zero-order valence-corrected chi connectivity index (χ0v) is 13.1. The van der Waals surface area contributed by atoms with Crippen molar-refractivity contribution in [3.63, 3.8) is 0 Å². The van der Waals surface area contributed by atoms with Gasteiger partial charge in [0.25, 0.3) is 0 Å². The van der Waals surface area contributed by atoms with Gasteiger partial charge < -0.3 is 0 Å². The van der Waals surface area contributed by atoms with E-state index in [0.29, 0.717) is 16.2 Å². The first-order valence-corrected chi connectivity index (χ1v) is 7.73. The molecule has 2 atom stereocenters. The molecule has 0 aromatic heterocycles. The van der Waals surface area contributed by atoms with Crippen LogP contribution in [-0.2, 0) is 0 Å². The van der Waals surface area contributed by atoms with E-state index in [1.54, 1.807) is 6.07 Å². The third-order valence-corrected chi connectivity index (χ3v) is 5.61. The van der Waals surface area contributed by atoms with Gasteiger partial charge in [-0.15, -0.1) is 0 Å². The minimum Gasteiger partial charge on any atom is -0.207 e. The molecule has 1 aromatic rings. The van der Waals surface area contributed by atoms with Crippen molar-refractivity contribution >= 4 is 15.9 Å². The number of hydrogen-bond acceptors (Lipinski definition) is 0. The summed E-state index contributed by atoms with van der Waals surface area (Å²) >= 11 is 3.86. The van der Waals surface area contributed by atoms with Crippen molar-refractivity contribution in [1.29, 1.82) is 0 Å². The second kappa shape index (κ2) is 5.32. The highest BCUT2D eigenvalue weighted by Crippen LogP contribution is 2.50. The van der Waals surface area contributed by atoms with Crippen LogP contribution in [0.15, 0.2) is 18.2 Å². The average Bonchev–Trinajstić information content (AvgIpc) is 2.31. The van der Waals surface area contributed by atoms with Gasteiger partial charge in [0.15, 0.2) is 0 Å². The van der Waals surface area contributed by atoms with Gasteiger partial charge in [-0.3, -0.25) is 0 Å². The molecule has 1 saturated carbocycles. The van der Waals surface area contributed by atoms with Gasteiger partial charge in [0.2, 0.25) is 0 Å². The van der Waals surface area contributed by atoms with Gasteiger partial charge in [0.1, 0.15) is 5.82 Å². The molecular formula is C16H22BrF. The molecule has 1 aliphatic rings. The molecular weight excluding hydrogens is 291 g/mol. The minimum absolute atomic E-state index is 0.110. The van der Waals surface area contributed by atoms with E-state index in [9.17, 15) is 4.39 Å². The maximum Gasteiger partial charge on any atom is 0.126 e. The summed E-state index contributed by atoms with van der Waals surface area (Å²) in [4.78, 5) is 0.340. The summed E-state index contributed by atoms with van der Waals surface area (Å²) in [5.74, 6) is 0.525. The summed E-state index contributed by atoms with van der Waals surface area (Å²) in [5.41, 5.74) is 2.33. The van der Waals surface area contributed by atoms with Crippen molar-refractivity contribution < 1.29 is 4.39 Å². The fraction of sp³-hybridized carbons (Fsp3) is 0.625. The lowest BCUT2D eigenvalue weighted by molar-refractivity contribution is 0.136. The average molecular weight is 313 g/mol. The lowest BCUT2D eigenvalue weighted by Crippen LogP contribution is -2.30. The maximum absolute atomic E-state index is 13.3. The first kappa shape index (κ1) is 14.0. The molecule has 2 rings (SSSR count). The molecule has 0 spiro atoms. The summed E-state index contributed by atoms with van der Waals surface area (Å²) in [6.07, 6.45) is 5.21. The zero-order valence-electron chi connectivity index (χ0n) is 11.5. The summed E-state index contributed by atoms with van der Waals surface area (Å²) in [6, 6.07) is 5.50. The van der Waals surface area contributed by atoms with Crippen molar-refractivity contribution in [2.75, 3.05) is 0 Å². The molecule has 0 saturated heterocycles. The van der Waals surface area contributed by atoms with Gasteiger partial charge in [-0.25, -0.2) is 4.39 Å². The normalized spacial score (nSPS) is 24.8. The number of halogens is 2. The number of benzene rings is 1. The monoisotopic (exact) mass is 312 g/mol. The Morgan fingerprint density at radius 3 is 2.67 bits per heavy atom. The van der Waals surface area contributed by atoms with Gasteiger partial charge >= 0.3 is 0 Å². The Morgan fingerprint density at radius 1 is 1.33 bits per heavy atom. The SMILES string of the molecule is Cc1cc(C(Br)C2CCCCC2(C)C)ccc1F. The van der Waals surface area contributed by atoms with Crippen LogP contribution in [0.4, 0.5) is 4.39 Å². The van der Waals surface area contributed by atoms with Crippen LogP contribution >= 0.6 is 15.9 Å². The van der Waals surface area contributed by atoms with E-state index in [1.807, 2.05) is 19.1 Å². The van der Waals surface area contributed by atoms with E-state index in [0.717, 1.165) is 5.56 Å². The molecule has 1 fully saturated rings. The van der Waals surface area contributed by atoms with Crippen LogP contribution in [0.5, 0.6) is 0 Å². The van der Waals surface area contributed by atoms with Gasteiger partial charge in [-0.1, -0.05) is 54.8 Å². The van der Waals surface area contributed by atoms with E-state index >= 15 is 0 Å². The third kappa shape index (κ3) is 2.79. The fourth-order valence-corrected chi connectivity index (χ4v) is 4.40. The van der Waals surface area contributed by atoms with Crippen molar-refractivity contribution in [1.82, 2.24) is 0 Å². The standard InChI is InChI=1S/C16H22BrF/c1-11-10-12(7-8-14(11)18)15(17)13-6-4-5-9-16(13,2)3/h7-8,10,13,15H,4-6,9H2,1-3H3. The molecule has 0 radical (unpaired) electrons. The largest absolute Gasteiger partial charge is 0.207 e. The molecule has 1 aliphatic carbocycles. The van der Waals surface area contributed by atoms with Crippen molar-refractivity contribution in [3.8, 4) is 0 Å². The quantitative estimate of drug-likeness (QED) is 0.607. The topological polar surface area (TPSA) is 0 Å². The smallest absolute Gasteiger partial charge is 0.126 e. The first-order chi connectivity index (χ1) is 8.42. The number of hydrogen-bond donors (Lipinski definition) is 0. The van der Waals surface area contributed by atoms with Crippen LogP contribution < -0.4 is 0 Å². The lowest BCUT2D eigenvalue weighted by atomic mass is 9.67. The lowest BCUT2D eigenvalue weighted by Gasteiger charge is -2.41. The van der Waals surface area contributed by atoms with Gasteiger partial charge in [0.05, 0.1) is 0 Å². The van der Waals surface area contributed by atoms with Crippen LogP contribution in [0.3, 0.4) is 0 Å². The molecule has 18 heavy (non-hydrogen) atoms. The zero-order chi connectivity index (χ0) is 13.3. The Hall–Kier alpha value is -0.370. The molecule has 1 aromatic carbocycles. The van der Waals surface area contributed by atoms with Crippen molar-refractivity contribution in [3.05, 3.63) is 35.1 Å². The van der Waals surface area contributed by atoms with Crippen molar-refractivity contribution in [2.45, 2.75) is 51.3 Å². The Labute approximate surface area is 118 Å².